The summed E-state index contributed by atoms with van der Waals surface area (Å²) >= 11 is 1.42. The van der Waals surface area contributed by atoms with Crippen LogP contribution in [0.4, 0.5) is 5.69 Å². The number of anilines is 1. The molecule has 1 unspecified atom stereocenters. The summed E-state index contributed by atoms with van der Waals surface area (Å²) < 4.78 is 1.59. The van der Waals surface area contributed by atoms with Crippen molar-refractivity contribution in [2.45, 2.75) is 25.0 Å². The number of nitrogens with one attached hydrogen (secondary N) is 2. The lowest BCUT2D eigenvalue weighted by Gasteiger charge is -2.22. The predicted molar refractivity (Wildman–Crippen MR) is 112 cm³/mol. The second kappa shape index (κ2) is 9.33. The molecular weight excluding hydrogens is 388 g/mol. The molecule has 1 atom stereocenters. The third kappa shape index (κ3) is 5.00. The van der Waals surface area contributed by atoms with E-state index in [0.29, 0.717) is 16.4 Å². The minimum absolute atomic E-state index is 0.0894. The van der Waals surface area contributed by atoms with Crippen molar-refractivity contribution >= 4 is 29.3 Å². The van der Waals surface area contributed by atoms with Gasteiger partial charge in [-0.05, 0) is 52.9 Å². The molecule has 9 heteroatoms. The van der Waals surface area contributed by atoms with Gasteiger partial charge in [0.2, 0.25) is 11.1 Å². The molecule has 0 aliphatic heterocycles. The molecule has 0 bridgehead atoms. The maximum absolute atomic E-state index is 12.9. The van der Waals surface area contributed by atoms with E-state index in [1.165, 1.54) is 11.8 Å². The van der Waals surface area contributed by atoms with E-state index < -0.39 is 6.04 Å². The maximum Gasteiger partial charge on any atom is 0.251 e. The van der Waals surface area contributed by atoms with Gasteiger partial charge in [0.05, 0.1) is 5.69 Å². The lowest BCUT2D eigenvalue weighted by Crippen LogP contribution is -2.47. The van der Waals surface area contributed by atoms with Gasteiger partial charge in [-0.1, -0.05) is 49.9 Å². The molecular formula is C20H22N6O2S. The van der Waals surface area contributed by atoms with Crippen LogP contribution in [0, 0.1) is 5.92 Å². The zero-order valence-electron chi connectivity index (χ0n) is 16.4. The molecule has 3 rings (SSSR count). The molecule has 1 heterocycles. The van der Waals surface area contributed by atoms with E-state index in [-0.39, 0.29) is 17.7 Å². The number of rotatable bonds is 7. The van der Waals surface area contributed by atoms with E-state index in [1.54, 1.807) is 41.1 Å². The van der Waals surface area contributed by atoms with Crippen LogP contribution < -0.4 is 10.6 Å². The molecule has 0 fully saturated rings. The van der Waals surface area contributed by atoms with Gasteiger partial charge in [-0.2, -0.15) is 4.68 Å². The minimum Gasteiger partial charge on any atom is -0.340 e. The molecule has 2 amide bonds. The van der Waals surface area contributed by atoms with Gasteiger partial charge < -0.3 is 10.6 Å². The van der Waals surface area contributed by atoms with Crippen molar-refractivity contribution in [3.63, 3.8) is 0 Å². The van der Waals surface area contributed by atoms with Crippen LogP contribution in [-0.2, 0) is 4.79 Å². The highest BCUT2D eigenvalue weighted by molar-refractivity contribution is 7.98. The van der Waals surface area contributed by atoms with E-state index >= 15 is 0 Å². The molecule has 0 spiro atoms. The number of hydrogen-bond donors (Lipinski definition) is 2. The van der Waals surface area contributed by atoms with Crippen molar-refractivity contribution in [3.05, 3.63) is 60.2 Å². The molecule has 29 heavy (non-hydrogen) atoms. The molecule has 3 aromatic rings. The average Bonchev–Trinajstić information content (AvgIpc) is 3.21. The highest BCUT2D eigenvalue weighted by Gasteiger charge is 2.25. The molecule has 1 aromatic heterocycles. The Hall–Kier alpha value is -3.20. The second-order valence-corrected chi connectivity index (χ2v) is 7.45. The number of aromatic nitrogens is 4. The van der Waals surface area contributed by atoms with Crippen LogP contribution in [0.3, 0.4) is 0 Å². The van der Waals surface area contributed by atoms with Gasteiger partial charge in [0.1, 0.15) is 6.04 Å². The summed E-state index contributed by atoms with van der Waals surface area (Å²) in [7, 11) is 0. The van der Waals surface area contributed by atoms with Gasteiger partial charge in [0.15, 0.2) is 0 Å². The third-order valence-electron chi connectivity index (χ3n) is 4.25. The maximum atomic E-state index is 12.9. The predicted octanol–water partition coefficient (Wildman–Crippen LogP) is 2.78. The number of carbonyl (C=O) groups excluding carboxylic acids is 2. The van der Waals surface area contributed by atoms with Gasteiger partial charge in [0, 0.05) is 11.3 Å². The van der Waals surface area contributed by atoms with Crippen molar-refractivity contribution in [2.75, 3.05) is 11.6 Å². The van der Waals surface area contributed by atoms with Crippen molar-refractivity contribution in [3.8, 4) is 5.69 Å². The number of amides is 2. The summed E-state index contributed by atoms with van der Waals surface area (Å²) in [5, 5.41) is 17.9. The third-order valence-corrected chi connectivity index (χ3v) is 4.87. The van der Waals surface area contributed by atoms with E-state index in [4.69, 9.17) is 0 Å². The summed E-state index contributed by atoms with van der Waals surface area (Å²) in [6.07, 6.45) is 1.89. The van der Waals surface area contributed by atoms with Crippen LogP contribution in [0.25, 0.3) is 5.69 Å². The monoisotopic (exact) mass is 410 g/mol. The van der Waals surface area contributed by atoms with Crippen LogP contribution >= 0.6 is 11.8 Å². The molecule has 2 N–H and O–H groups in total. The molecule has 8 nitrogen and oxygen atoms in total. The second-order valence-electron chi connectivity index (χ2n) is 6.68. The van der Waals surface area contributed by atoms with E-state index in [0.717, 1.165) is 5.69 Å². The number of benzene rings is 2. The summed E-state index contributed by atoms with van der Waals surface area (Å²) in [5.74, 6) is -0.664. The Morgan fingerprint density at radius 3 is 2.52 bits per heavy atom. The lowest BCUT2D eigenvalue weighted by molar-refractivity contribution is -0.118. The van der Waals surface area contributed by atoms with Gasteiger partial charge in [-0.3, -0.25) is 9.59 Å². The smallest absolute Gasteiger partial charge is 0.251 e. The molecule has 0 radical (unpaired) electrons. The average molecular weight is 411 g/mol. The van der Waals surface area contributed by atoms with Crippen LogP contribution in [0.5, 0.6) is 0 Å². The first-order chi connectivity index (χ1) is 14.0. The van der Waals surface area contributed by atoms with Crippen LogP contribution in [0.1, 0.15) is 24.2 Å². The Kier molecular flexibility index (Phi) is 6.61. The first kappa shape index (κ1) is 20.5. The summed E-state index contributed by atoms with van der Waals surface area (Å²) in [6.45, 7) is 3.77. The Labute approximate surface area is 173 Å². The number of hydrogen-bond acceptors (Lipinski definition) is 6. The quantitative estimate of drug-likeness (QED) is 0.581. The molecule has 0 saturated heterocycles. The fourth-order valence-electron chi connectivity index (χ4n) is 2.75. The zero-order chi connectivity index (χ0) is 20.8. The summed E-state index contributed by atoms with van der Waals surface area (Å²) in [6, 6.07) is 15.4. The van der Waals surface area contributed by atoms with Crippen molar-refractivity contribution in [1.29, 1.82) is 0 Å². The topological polar surface area (TPSA) is 102 Å². The molecule has 0 aliphatic carbocycles. The Bertz CT molecular complexity index is 989. The normalized spacial score (nSPS) is 11.9. The highest BCUT2D eigenvalue weighted by atomic mass is 32.2. The van der Waals surface area contributed by atoms with Gasteiger partial charge in [0.25, 0.3) is 5.91 Å². The number of tetrazole rings is 1. The number of thioether (sulfide) groups is 1. The molecule has 0 aliphatic rings. The Balaban J connectivity index is 1.75. The van der Waals surface area contributed by atoms with Gasteiger partial charge >= 0.3 is 0 Å². The number of nitrogens with zero attached hydrogens (tertiary/aromatic N) is 4. The number of carbonyl (C=O) groups is 2. The first-order valence-electron chi connectivity index (χ1n) is 9.09. The van der Waals surface area contributed by atoms with Gasteiger partial charge in [-0.25, -0.2) is 0 Å². The standard InChI is InChI=1S/C20H22N6O2S/c1-13(2)17(22-18(27)14-8-5-4-6-9-14)19(28)21-15-10-7-11-16(12-15)26-20(29-3)23-24-25-26/h4-13,17H,1-3H3,(H,21,28)(H,22,27). The molecule has 150 valence electrons. The molecule has 0 saturated carbocycles. The van der Waals surface area contributed by atoms with Crippen LogP contribution in [-0.4, -0.2) is 44.3 Å². The first-order valence-corrected chi connectivity index (χ1v) is 10.3. The van der Waals surface area contributed by atoms with Crippen molar-refractivity contribution < 1.29 is 9.59 Å². The summed E-state index contributed by atoms with van der Waals surface area (Å²) in [5.41, 5.74) is 1.83. The van der Waals surface area contributed by atoms with Gasteiger partial charge in [-0.15, -0.1) is 5.10 Å². The minimum atomic E-state index is -0.679. The van der Waals surface area contributed by atoms with E-state index in [1.807, 2.05) is 38.3 Å². The fraction of sp³-hybridized carbons (Fsp3) is 0.250. The largest absolute Gasteiger partial charge is 0.340 e. The Morgan fingerprint density at radius 1 is 1.07 bits per heavy atom. The fourth-order valence-corrected chi connectivity index (χ4v) is 3.19. The summed E-state index contributed by atoms with van der Waals surface area (Å²) in [4.78, 5) is 25.3. The zero-order valence-corrected chi connectivity index (χ0v) is 17.2. The van der Waals surface area contributed by atoms with Crippen LogP contribution in [0.15, 0.2) is 59.8 Å². The van der Waals surface area contributed by atoms with Crippen molar-refractivity contribution in [1.82, 2.24) is 25.5 Å². The Morgan fingerprint density at radius 2 is 1.83 bits per heavy atom. The molecule has 2 aromatic carbocycles. The highest BCUT2D eigenvalue weighted by Crippen LogP contribution is 2.19. The SMILES string of the molecule is CSc1nnnn1-c1cccc(NC(=O)C(NC(=O)c2ccccc2)C(C)C)c1. The van der Waals surface area contributed by atoms with E-state index in [2.05, 4.69) is 26.2 Å². The van der Waals surface area contributed by atoms with E-state index in [9.17, 15) is 9.59 Å². The van der Waals surface area contributed by atoms with Crippen LogP contribution in [0.2, 0.25) is 0 Å². The lowest BCUT2D eigenvalue weighted by atomic mass is 10.0. The van der Waals surface area contributed by atoms with Crippen molar-refractivity contribution in [2.24, 2.45) is 5.92 Å².